The zero-order valence-electron chi connectivity index (χ0n) is 10.4. The highest BCUT2D eigenvalue weighted by atomic mass is 16.5. The zero-order valence-corrected chi connectivity index (χ0v) is 10.4. The van der Waals surface area contributed by atoms with E-state index in [1.165, 1.54) is 0 Å². The van der Waals surface area contributed by atoms with Crippen molar-refractivity contribution in [3.63, 3.8) is 0 Å². The molecule has 88 valence electrons. The maximum absolute atomic E-state index is 11.9. The first-order chi connectivity index (χ1) is 6.90. The van der Waals surface area contributed by atoms with Crippen molar-refractivity contribution in [3.05, 3.63) is 0 Å². The summed E-state index contributed by atoms with van der Waals surface area (Å²) in [7, 11) is 1.92. The number of hydrogen-bond acceptors (Lipinski definition) is 2. The molecule has 0 saturated carbocycles. The minimum absolute atomic E-state index is 0.0799. The fourth-order valence-electron chi connectivity index (χ4n) is 1.85. The van der Waals surface area contributed by atoms with E-state index in [-0.39, 0.29) is 11.3 Å². The van der Waals surface area contributed by atoms with Crippen LogP contribution in [-0.2, 0) is 9.53 Å². The molecule has 0 bridgehead atoms. The van der Waals surface area contributed by atoms with Crippen molar-refractivity contribution in [1.29, 1.82) is 0 Å². The van der Waals surface area contributed by atoms with Crippen LogP contribution in [0, 0.1) is 5.41 Å². The smallest absolute Gasteiger partial charge is 0.223 e. The van der Waals surface area contributed by atoms with Gasteiger partial charge in [-0.1, -0.05) is 20.8 Å². The van der Waals surface area contributed by atoms with Gasteiger partial charge in [-0.15, -0.1) is 0 Å². The summed E-state index contributed by atoms with van der Waals surface area (Å²) >= 11 is 0. The average Bonchev–Trinajstić information content (AvgIpc) is 2.15. The molecule has 1 amide bonds. The zero-order chi connectivity index (χ0) is 11.5. The van der Waals surface area contributed by atoms with Crippen molar-refractivity contribution in [1.82, 2.24) is 4.90 Å². The third kappa shape index (κ3) is 4.20. The molecule has 1 saturated heterocycles. The fraction of sp³-hybridized carbons (Fsp3) is 0.917. The molecule has 3 nitrogen and oxygen atoms in total. The molecule has 15 heavy (non-hydrogen) atoms. The van der Waals surface area contributed by atoms with Crippen LogP contribution in [0.15, 0.2) is 0 Å². The SMILES string of the molecule is CN(C(=O)CC(C)(C)C)C1CCOCC1. The van der Waals surface area contributed by atoms with Crippen molar-refractivity contribution < 1.29 is 9.53 Å². The first-order valence-electron chi connectivity index (χ1n) is 5.73. The molecule has 1 rings (SSSR count). The van der Waals surface area contributed by atoms with Gasteiger partial charge in [0.05, 0.1) is 0 Å². The quantitative estimate of drug-likeness (QED) is 0.702. The van der Waals surface area contributed by atoms with Crippen molar-refractivity contribution in [2.24, 2.45) is 5.41 Å². The molecule has 0 aromatic carbocycles. The molecule has 1 aliphatic heterocycles. The van der Waals surface area contributed by atoms with E-state index in [0.29, 0.717) is 12.5 Å². The van der Waals surface area contributed by atoms with E-state index in [2.05, 4.69) is 20.8 Å². The molecule has 1 fully saturated rings. The summed E-state index contributed by atoms with van der Waals surface area (Å²) in [6, 6.07) is 0.383. The van der Waals surface area contributed by atoms with E-state index < -0.39 is 0 Å². The van der Waals surface area contributed by atoms with Crippen LogP contribution in [0.2, 0.25) is 0 Å². The highest BCUT2D eigenvalue weighted by molar-refractivity contribution is 5.76. The predicted molar refractivity (Wildman–Crippen MR) is 60.7 cm³/mol. The van der Waals surface area contributed by atoms with Gasteiger partial charge in [-0.3, -0.25) is 4.79 Å². The first kappa shape index (κ1) is 12.5. The van der Waals surface area contributed by atoms with E-state index in [0.717, 1.165) is 26.1 Å². The number of hydrogen-bond donors (Lipinski definition) is 0. The van der Waals surface area contributed by atoms with Crippen molar-refractivity contribution in [3.8, 4) is 0 Å². The van der Waals surface area contributed by atoms with Gasteiger partial charge in [-0.2, -0.15) is 0 Å². The molecular weight excluding hydrogens is 190 g/mol. The Balaban J connectivity index is 2.44. The molecule has 1 aliphatic rings. The topological polar surface area (TPSA) is 29.5 Å². The summed E-state index contributed by atoms with van der Waals surface area (Å²) in [5.74, 6) is 0.259. The summed E-state index contributed by atoms with van der Waals surface area (Å²) in [5.41, 5.74) is 0.0799. The number of ether oxygens (including phenoxy) is 1. The first-order valence-corrected chi connectivity index (χ1v) is 5.73. The highest BCUT2D eigenvalue weighted by Crippen LogP contribution is 2.22. The summed E-state index contributed by atoms with van der Waals surface area (Å²) in [5, 5.41) is 0. The van der Waals surface area contributed by atoms with Gasteiger partial charge in [0.1, 0.15) is 0 Å². The minimum atomic E-state index is 0.0799. The van der Waals surface area contributed by atoms with Gasteiger partial charge >= 0.3 is 0 Å². The van der Waals surface area contributed by atoms with Gasteiger partial charge in [-0.25, -0.2) is 0 Å². The standard InChI is InChI=1S/C12H23NO2/c1-12(2,3)9-11(14)13(4)10-5-7-15-8-6-10/h10H,5-9H2,1-4H3. The van der Waals surface area contributed by atoms with E-state index in [4.69, 9.17) is 4.74 Å². The van der Waals surface area contributed by atoms with Gasteiger partial charge in [0.15, 0.2) is 0 Å². The molecule has 0 unspecified atom stereocenters. The van der Waals surface area contributed by atoms with Crippen molar-refractivity contribution in [2.75, 3.05) is 20.3 Å². The van der Waals surface area contributed by atoms with E-state index >= 15 is 0 Å². The van der Waals surface area contributed by atoms with Crippen molar-refractivity contribution in [2.45, 2.75) is 46.1 Å². The number of nitrogens with zero attached hydrogens (tertiary/aromatic N) is 1. The molecule has 3 heteroatoms. The van der Waals surface area contributed by atoms with Crippen LogP contribution in [0.4, 0.5) is 0 Å². The van der Waals surface area contributed by atoms with Crippen LogP contribution in [0.5, 0.6) is 0 Å². The van der Waals surface area contributed by atoms with E-state index in [1.807, 2.05) is 11.9 Å². The van der Waals surface area contributed by atoms with Crippen LogP contribution >= 0.6 is 0 Å². The number of rotatable bonds is 2. The van der Waals surface area contributed by atoms with Crippen molar-refractivity contribution >= 4 is 5.91 Å². The van der Waals surface area contributed by atoms with Gasteiger partial charge in [0.25, 0.3) is 0 Å². The molecule has 0 radical (unpaired) electrons. The van der Waals surface area contributed by atoms with Gasteiger partial charge in [0.2, 0.25) is 5.91 Å². The summed E-state index contributed by atoms with van der Waals surface area (Å²) in [6.45, 7) is 7.88. The Hall–Kier alpha value is -0.570. The van der Waals surface area contributed by atoms with Gasteiger partial charge in [0, 0.05) is 32.7 Å². The number of carbonyl (C=O) groups is 1. The number of carbonyl (C=O) groups excluding carboxylic acids is 1. The second kappa shape index (κ2) is 4.97. The maximum atomic E-state index is 11.9. The second-order valence-corrected chi connectivity index (χ2v) is 5.59. The Bertz CT molecular complexity index is 214. The summed E-state index contributed by atoms with van der Waals surface area (Å²) in [4.78, 5) is 13.9. The summed E-state index contributed by atoms with van der Waals surface area (Å²) in [6.07, 6.45) is 2.58. The lowest BCUT2D eigenvalue weighted by atomic mass is 9.91. The molecule has 0 atom stereocenters. The highest BCUT2D eigenvalue weighted by Gasteiger charge is 2.25. The monoisotopic (exact) mass is 213 g/mol. The Morgan fingerprint density at radius 3 is 2.33 bits per heavy atom. The Labute approximate surface area is 92.8 Å². The lowest BCUT2D eigenvalue weighted by Crippen LogP contribution is -2.41. The third-order valence-corrected chi connectivity index (χ3v) is 2.81. The molecular formula is C12H23NO2. The predicted octanol–water partition coefficient (Wildman–Crippen LogP) is 2.06. The lowest BCUT2D eigenvalue weighted by molar-refractivity contribution is -0.135. The van der Waals surface area contributed by atoms with Crippen LogP contribution in [0.25, 0.3) is 0 Å². The third-order valence-electron chi connectivity index (χ3n) is 2.81. The lowest BCUT2D eigenvalue weighted by Gasteiger charge is -2.33. The minimum Gasteiger partial charge on any atom is -0.381 e. The number of amides is 1. The van der Waals surface area contributed by atoms with Crippen LogP contribution in [0.1, 0.15) is 40.0 Å². The Kier molecular flexibility index (Phi) is 4.14. The van der Waals surface area contributed by atoms with E-state index in [9.17, 15) is 4.79 Å². The summed E-state index contributed by atoms with van der Waals surface area (Å²) < 4.78 is 5.29. The molecule has 0 aliphatic carbocycles. The van der Waals surface area contributed by atoms with Gasteiger partial charge in [-0.05, 0) is 18.3 Å². The molecule has 0 aromatic rings. The molecule has 0 N–H and O–H groups in total. The Morgan fingerprint density at radius 1 is 1.33 bits per heavy atom. The van der Waals surface area contributed by atoms with Gasteiger partial charge < -0.3 is 9.64 Å². The van der Waals surface area contributed by atoms with Crippen LogP contribution in [-0.4, -0.2) is 37.1 Å². The molecule has 1 heterocycles. The molecule has 0 aromatic heterocycles. The van der Waals surface area contributed by atoms with Crippen LogP contribution in [0.3, 0.4) is 0 Å². The normalized spacial score (nSPS) is 18.9. The van der Waals surface area contributed by atoms with E-state index in [1.54, 1.807) is 0 Å². The molecule has 0 spiro atoms. The maximum Gasteiger partial charge on any atom is 0.223 e. The second-order valence-electron chi connectivity index (χ2n) is 5.59. The Morgan fingerprint density at radius 2 is 1.87 bits per heavy atom. The largest absolute Gasteiger partial charge is 0.381 e. The van der Waals surface area contributed by atoms with Crippen LogP contribution < -0.4 is 0 Å². The fourth-order valence-corrected chi connectivity index (χ4v) is 1.85. The average molecular weight is 213 g/mol.